The molecule has 0 spiro atoms. The normalized spacial score (nSPS) is 17.7. The fraction of sp³-hybridized carbons (Fsp3) is 0.667. The Kier molecular flexibility index (Phi) is 1.62. The number of halogens is 1. The van der Waals surface area contributed by atoms with Crippen molar-refractivity contribution in [3.63, 3.8) is 0 Å². The van der Waals surface area contributed by atoms with Gasteiger partial charge in [0.25, 0.3) is 0 Å². The number of aromatic nitrogens is 2. The lowest BCUT2D eigenvalue weighted by Gasteiger charge is -1.85. The zero-order chi connectivity index (χ0) is 6.97. The second kappa shape index (κ2) is 2.47. The first-order chi connectivity index (χ1) is 4.84. The summed E-state index contributed by atoms with van der Waals surface area (Å²) >= 11 is 6.98. The van der Waals surface area contributed by atoms with Crippen LogP contribution in [-0.2, 0) is 6.42 Å². The highest BCUT2D eigenvalue weighted by Gasteiger charge is 2.22. The van der Waals surface area contributed by atoms with Crippen LogP contribution in [0.5, 0.6) is 0 Å². The standard InChI is InChI=1S/C6H7ClN2S/c7-6-8-5(10-9-6)3-4-1-2-4/h4H,1-3H2. The summed E-state index contributed by atoms with van der Waals surface area (Å²) < 4.78 is 3.89. The van der Waals surface area contributed by atoms with Crippen molar-refractivity contribution in [2.45, 2.75) is 19.3 Å². The minimum absolute atomic E-state index is 0.403. The molecule has 4 heteroatoms. The van der Waals surface area contributed by atoms with Crippen molar-refractivity contribution in [2.75, 3.05) is 0 Å². The Hall–Kier alpha value is -0.150. The van der Waals surface area contributed by atoms with E-state index in [9.17, 15) is 0 Å². The molecule has 2 nitrogen and oxygen atoms in total. The number of nitrogens with zero attached hydrogens (tertiary/aromatic N) is 2. The predicted octanol–water partition coefficient (Wildman–Crippen LogP) is 2.14. The molecule has 0 atom stereocenters. The van der Waals surface area contributed by atoms with Gasteiger partial charge in [-0.2, -0.15) is 4.37 Å². The van der Waals surface area contributed by atoms with Crippen molar-refractivity contribution in [3.05, 3.63) is 10.3 Å². The average molecular weight is 175 g/mol. The molecule has 1 aliphatic rings. The van der Waals surface area contributed by atoms with Crippen LogP contribution in [0.25, 0.3) is 0 Å². The van der Waals surface area contributed by atoms with Crippen molar-refractivity contribution in [2.24, 2.45) is 5.92 Å². The zero-order valence-electron chi connectivity index (χ0n) is 5.38. The summed E-state index contributed by atoms with van der Waals surface area (Å²) in [6.45, 7) is 0. The first-order valence-corrected chi connectivity index (χ1v) is 4.48. The summed E-state index contributed by atoms with van der Waals surface area (Å²) in [5, 5.41) is 1.49. The van der Waals surface area contributed by atoms with Crippen LogP contribution in [0.2, 0.25) is 5.28 Å². The second-order valence-electron chi connectivity index (χ2n) is 2.60. The molecule has 10 heavy (non-hydrogen) atoms. The largest absolute Gasteiger partial charge is 0.234 e. The molecular formula is C6H7ClN2S. The Labute approximate surface area is 68.4 Å². The molecule has 0 bridgehead atoms. The molecule has 1 aromatic heterocycles. The summed E-state index contributed by atoms with van der Waals surface area (Å²) in [5.41, 5.74) is 0. The molecule has 1 saturated carbocycles. The van der Waals surface area contributed by atoms with Crippen molar-refractivity contribution >= 4 is 23.1 Å². The van der Waals surface area contributed by atoms with Gasteiger partial charge in [0, 0.05) is 6.42 Å². The summed E-state index contributed by atoms with van der Waals surface area (Å²) in [7, 11) is 0. The van der Waals surface area contributed by atoms with Gasteiger partial charge in [0.1, 0.15) is 5.01 Å². The van der Waals surface area contributed by atoms with E-state index in [4.69, 9.17) is 11.6 Å². The minimum Gasteiger partial charge on any atom is -0.210 e. The fourth-order valence-electron chi connectivity index (χ4n) is 0.886. The highest BCUT2D eigenvalue weighted by Crippen LogP contribution is 2.33. The highest BCUT2D eigenvalue weighted by atomic mass is 35.5. The van der Waals surface area contributed by atoms with E-state index >= 15 is 0 Å². The summed E-state index contributed by atoms with van der Waals surface area (Å²) in [5.74, 6) is 0.879. The predicted molar refractivity (Wildman–Crippen MR) is 41.3 cm³/mol. The van der Waals surface area contributed by atoms with E-state index < -0.39 is 0 Å². The Balaban J connectivity index is 2.03. The van der Waals surface area contributed by atoms with Gasteiger partial charge in [-0.1, -0.05) is 0 Å². The van der Waals surface area contributed by atoms with Crippen molar-refractivity contribution in [1.29, 1.82) is 0 Å². The summed E-state index contributed by atoms with van der Waals surface area (Å²) in [4.78, 5) is 4.06. The Morgan fingerprint density at radius 2 is 2.40 bits per heavy atom. The van der Waals surface area contributed by atoms with E-state index in [1.807, 2.05) is 0 Å². The zero-order valence-corrected chi connectivity index (χ0v) is 6.95. The van der Waals surface area contributed by atoms with Crippen LogP contribution in [0.1, 0.15) is 17.8 Å². The molecule has 0 N–H and O–H groups in total. The third-order valence-corrected chi connectivity index (χ3v) is 2.61. The quantitative estimate of drug-likeness (QED) is 0.687. The third kappa shape index (κ3) is 1.47. The van der Waals surface area contributed by atoms with Crippen LogP contribution in [0, 0.1) is 5.92 Å². The van der Waals surface area contributed by atoms with Crippen molar-refractivity contribution < 1.29 is 0 Å². The van der Waals surface area contributed by atoms with Gasteiger partial charge in [-0.05, 0) is 41.9 Å². The smallest absolute Gasteiger partial charge is 0.210 e. The molecule has 0 unspecified atom stereocenters. The van der Waals surface area contributed by atoms with E-state index in [0.29, 0.717) is 5.28 Å². The third-order valence-electron chi connectivity index (χ3n) is 1.60. The van der Waals surface area contributed by atoms with Gasteiger partial charge in [0.05, 0.1) is 0 Å². The molecule has 1 aromatic rings. The number of rotatable bonds is 2. The molecule has 2 rings (SSSR count). The molecule has 1 heterocycles. The van der Waals surface area contributed by atoms with E-state index in [0.717, 1.165) is 17.3 Å². The lowest BCUT2D eigenvalue weighted by Crippen LogP contribution is -1.83. The maximum atomic E-state index is 5.55. The topological polar surface area (TPSA) is 25.8 Å². The molecule has 0 amide bonds. The SMILES string of the molecule is Clc1nsc(CC2CC2)n1. The molecular weight excluding hydrogens is 168 g/mol. The van der Waals surface area contributed by atoms with Crippen LogP contribution in [0.4, 0.5) is 0 Å². The Morgan fingerprint density at radius 1 is 1.60 bits per heavy atom. The fourth-order valence-corrected chi connectivity index (χ4v) is 1.80. The molecule has 54 valence electrons. The van der Waals surface area contributed by atoms with Crippen LogP contribution in [0.3, 0.4) is 0 Å². The van der Waals surface area contributed by atoms with Crippen molar-refractivity contribution in [1.82, 2.24) is 9.36 Å². The van der Waals surface area contributed by atoms with Gasteiger partial charge in [-0.25, -0.2) is 4.98 Å². The van der Waals surface area contributed by atoms with Gasteiger partial charge >= 0.3 is 0 Å². The number of hydrogen-bond donors (Lipinski definition) is 0. The molecule has 0 aromatic carbocycles. The van der Waals surface area contributed by atoms with E-state index in [-0.39, 0.29) is 0 Å². The Morgan fingerprint density at radius 3 is 2.90 bits per heavy atom. The molecule has 0 radical (unpaired) electrons. The van der Waals surface area contributed by atoms with Crippen LogP contribution >= 0.6 is 23.1 Å². The van der Waals surface area contributed by atoms with Gasteiger partial charge in [-0.3, -0.25) is 0 Å². The molecule has 0 saturated heterocycles. The second-order valence-corrected chi connectivity index (χ2v) is 3.78. The van der Waals surface area contributed by atoms with Gasteiger partial charge in [-0.15, -0.1) is 0 Å². The minimum atomic E-state index is 0.403. The summed E-state index contributed by atoms with van der Waals surface area (Å²) in [6.07, 6.45) is 3.80. The van der Waals surface area contributed by atoms with Crippen LogP contribution in [0.15, 0.2) is 0 Å². The van der Waals surface area contributed by atoms with E-state index in [1.165, 1.54) is 24.4 Å². The molecule has 1 fully saturated rings. The number of hydrogen-bond acceptors (Lipinski definition) is 3. The van der Waals surface area contributed by atoms with E-state index in [2.05, 4.69) is 9.36 Å². The monoisotopic (exact) mass is 174 g/mol. The van der Waals surface area contributed by atoms with Crippen molar-refractivity contribution in [3.8, 4) is 0 Å². The van der Waals surface area contributed by atoms with Gasteiger partial charge < -0.3 is 0 Å². The average Bonchev–Trinajstić information content (AvgIpc) is 2.59. The van der Waals surface area contributed by atoms with E-state index in [1.54, 1.807) is 0 Å². The lowest BCUT2D eigenvalue weighted by atomic mass is 10.3. The Bertz CT molecular complexity index is 231. The lowest BCUT2D eigenvalue weighted by molar-refractivity contribution is 0.824. The van der Waals surface area contributed by atoms with Gasteiger partial charge in [0.2, 0.25) is 5.28 Å². The maximum Gasteiger partial charge on any atom is 0.234 e. The van der Waals surface area contributed by atoms with Gasteiger partial charge in [0.15, 0.2) is 0 Å². The molecule has 0 aliphatic heterocycles. The summed E-state index contributed by atoms with van der Waals surface area (Å²) in [6, 6.07) is 0. The maximum absolute atomic E-state index is 5.55. The first kappa shape index (κ1) is 6.55. The first-order valence-electron chi connectivity index (χ1n) is 3.32. The van der Waals surface area contributed by atoms with Crippen LogP contribution < -0.4 is 0 Å². The highest BCUT2D eigenvalue weighted by molar-refractivity contribution is 7.05. The molecule has 1 aliphatic carbocycles. The van der Waals surface area contributed by atoms with Crippen LogP contribution in [-0.4, -0.2) is 9.36 Å².